The van der Waals surface area contributed by atoms with E-state index in [0.717, 1.165) is 0 Å². The van der Waals surface area contributed by atoms with Crippen LogP contribution in [0.4, 0.5) is 0 Å². The summed E-state index contributed by atoms with van der Waals surface area (Å²) in [5.41, 5.74) is 0.129. The van der Waals surface area contributed by atoms with Crippen molar-refractivity contribution in [2.24, 2.45) is 0 Å². The van der Waals surface area contributed by atoms with E-state index < -0.39 is 5.97 Å². The second kappa shape index (κ2) is 3.51. The van der Waals surface area contributed by atoms with Gasteiger partial charge >= 0.3 is 5.97 Å². The number of aliphatic hydroxyl groups is 1. The van der Waals surface area contributed by atoms with Crippen LogP contribution < -0.4 is 0 Å². The molecule has 5 heteroatoms. The first-order valence-corrected chi connectivity index (χ1v) is 3.52. The van der Waals surface area contributed by atoms with Crippen LogP contribution in [0.15, 0.2) is 12.3 Å². The lowest BCUT2D eigenvalue weighted by molar-refractivity contribution is 0.0693. The molecule has 0 aliphatic heterocycles. The first kappa shape index (κ1) is 8.96. The third-order valence-corrected chi connectivity index (χ3v) is 1.66. The molecule has 0 saturated heterocycles. The minimum atomic E-state index is -1.18. The second-order valence-electron chi connectivity index (χ2n) is 2.10. The molecule has 0 unspecified atom stereocenters. The summed E-state index contributed by atoms with van der Waals surface area (Å²) >= 11 is 5.50. The third-order valence-electron chi connectivity index (χ3n) is 1.38. The van der Waals surface area contributed by atoms with E-state index in [1.807, 2.05) is 0 Å². The fraction of sp³-hybridized carbons (Fsp3) is 0.143. The van der Waals surface area contributed by atoms with E-state index in [9.17, 15) is 4.79 Å². The highest BCUT2D eigenvalue weighted by Gasteiger charge is 2.13. The summed E-state index contributed by atoms with van der Waals surface area (Å²) < 4.78 is 0. The van der Waals surface area contributed by atoms with Gasteiger partial charge in [-0.05, 0) is 11.6 Å². The maximum absolute atomic E-state index is 10.6. The number of rotatable bonds is 2. The zero-order valence-corrected chi connectivity index (χ0v) is 6.75. The van der Waals surface area contributed by atoms with E-state index in [0.29, 0.717) is 0 Å². The third kappa shape index (κ3) is 1.54. The monoisotopic (exact) mass is 187 g/mol. The number of nitrogens with zero attached hydrogens (tertiary/aromatic N) is 1. The van der Waals surface area contributed by atoms with Gasteiger partial charge in [-0.25, -0.2) is 9.78 Å². The van der Waals surface area contributed by atoms with Gasteiger partial charge < -0.3 is 10.2 Å². The van der Waals surface area contributed by atoms with E-state index in [4.69, 9.17) is 21.8 Å². The Morgan fingerprint density at radius 3 is 2.75 bits per heavy atom. The van der Waals surface area contributed by atoms with Gasteiger partial charge in [0.1, 0.15) is 10.7 Å². The largest absolute Gasteiger partial charge is 0.478 e. The molecule has 0 aromatic carbocycles. The van der Waals surface area contributed by atoms with Gasteiger partial charge in [-0.15, -0.1) is 0 Å². The summed E-state index contributed by atoms with van der Waals surface area (Å²) in [5.74, 6) is -1.18. The molecular weight excluding hydrogens is 182 g/mol. The van der Waals surface area contributed by atoms with Gasteiger partial charge in [0.2, 0.25) is 0 Å². The molecule has 0 fully saturated rings. The highest BCUT2D eigenvalue weighted by Crippen LogP contribution is 2.16. The van der Waals surface area contributed by atoms with Crippen LogP contribution in [0.5, 0.6) is 0 Å². The van der Waals surface area contributed by atoms with Crippen molar-refractivity contribution in [1.29, 1.82) is 0 Å². The summed E-state index contributed by atoms with van der Waals surface area (Å²) in [6, 6.07) is 1.41. The Bertz CT molecular complexity index is 314. The lowest BCUT2D eigenvalue weighted by Gasteiger charge is -2.02. The molecule has 0 aliphatic carbocycles. The molecule has 0 saturated carbocycles. The number of aromatic carboxylic acids is 1. The highest BCUT2D eigenvalue weighted by molar-refractivity contribution is 6.32. The average molecular weight is 188 g/mol. The topological polar surface area (TPSA) is 70.4 Å². The van der Waals surface area contributed by atoms with Crippen LogP contribution >= 0.6 is 11.6 Å². The van der Waals surface area contributed by atoms with Crippen molar-refractivity contribution >= 4 is 17.6 Å². The number of carbonyl (C=O) groups is 1. The van der Waals surface area contributed by atoms with Crippen molar-refractivity contribution in [2.45, 2.75) is 6.61 Å². The number of carboxylic acid groups (broad SMARTS) is 1. The van der Waals surface area contributed by atoms with Gasteiger partial charge in [-0.1, -0.05) is 11.6 Å². The summed E-state index contributed by atoms with van der Waals surface area (Å²) in [5, 5.41) is 17.3. The first-order chi connectivity index (χ1) is 5.66. The zero-order valence-electron chi connectivity index (χ0n) is 5.99. The molecule has 1 rings (SSSR count). The number of aromatic nitrogens is 1. The first-order valence-electron chi connectivity index (χ1n) is 3.14. The van der Waals surface area contributed by atoms with E-state index >= 15 is 0 Å². The minimum Gasteiger partial charge on any atom is -0.478 e. The standard InChI is InChI=1S/C7H6ClNO3/c8-6-5(7(11)12)4(3-10)1-2-9-6/h1-2,10H,3H2,(H,11,12). The fourth-order valence-corrected chi connectivity index (χ4v) is 1.09. The number of pyridine rings is 1. The maximum Gasteiger partial charge on any atom is 0.339 e. The average Bonchev–Trinajstić information content (AvgIpc) is 2.03. The predicted octanol–water partition coefficient (Wildman–Crippen LogP) is 0.925. The van der Waals surface area contributed by atoms with E-state index in [1.54, 1.807) is 0 Å². The Morgan fingerprint density at radius 1 is 1.67 bits per heavy atom. The molecule has 1 aromatic heterocycles. The second-order valence-corrected chi connectivity index (χ2v) is 2.46. The van der Waals surface area contributed by atoms with Crippen LogP contribution in [-0.2, 0) is 6.61 Å². The quantitative estimate of drug-likeness (QED) is 0.676. The normalized spacial score (nSPS) is 9.83. The molecule has 1 aromatic rings. The molecular formula is C7H6ClNO3. The van der Waals surface area contributed by atoms with Gasteiger partial charge in [0.25, 0.3) is 0 Å². The van der Waals surface area contributed by atoms with Crippen LogP contribution in [-0.4, -0.2) is 21.2 Å². The smallest absolute Gasteiger partial charge is 0.339 e. The van der Waals surface area contributed by atoms with Crippen LogP contribution in [0, 0.1) is 0 Å². The summed E-state index contributed by atoms with van der Waals surface area (Å²) in [4.78, 5) is 14.1. The van der Waals surface area contributed by atoms with E-state index in [1.165, 1.54) is 12.3 Å². The number of carboxylic acids is 1. The molecule has 0 spiro atoms. The molecule has 64 valence electrons. The molecule has 0 bridgehead atoms. The number of hydrogen-bond donors (Lipinski definition) is 2. The van der Waals surface area contributed by atoms with Gasteiger partial charge in [-0.2, -0.15) is 0 Å². The fourth-order valence-electron chi connectivity index (χ4n) is 0.830. The molecule has 1 heterocycles. The van der Waals surface area contributed by atoms with Gasteiger partial charge in [0, 0.05) is 6.20 Å². The van der Waals surface area contributed by atoms with Crippen molar-refractivity contribution in [3.05, 3.63) is 28.5 Å². The number of hydrogen-bond acceptors (Lipinski definition) is 3. The molecule has 12 heavy (non-hydrogen) atoms. The minimum absolute atomic E-state index is 0.103. The van der Waals surface area contributed by atoms with Crippen LogP contribution in [0.3, 0.4) is 0 Å². The van der Waals surface area contributed by atoms with Crippen LogP contribution in [0.25, 0.3) is 0 Å². The highest BCUT2D eigenvalue weighted by atomic mass is 35.5. The SMILES string of the molecule is O=C(O)c1c(CO)ccnc1Cl. The predicted molar refractivity (Wildman–Crippen MR) is 42.1 cm³/mol. The summed E-state index contributed by atoms with van der Waals surface area (Å²) in [6.07, 6.45) is 1.35. The summed E-state index contributed by atoms with van der Waals surface area (Å²) in [7, 11) is 0. The molecule has 0 radical (unpaired) electrons. The Balaban J connectivity index is 3.29. The molecule has 4 nitrogen and oxygen atoms in total. The number of aliphatic hydroxyl groups excluding tert-OH is 1. The van der Waals surface area contributed by atoms with Gasteiger partial charge in [-0.3, -0.25) is 0 Å². The lowest BCUT2D eigenvalue weighted by atomic mass is 10.1. The van der Waals surface area contributed by atoms with Gasteiger partial charge in [0.15, 0.2) is 0 Å². The van der Waals surface area contributed by atoms with Crippen molar-refractivity contribution < 1.29 is 15.0 Å². The Labute approximate surface area is 73.4 Å². The van der Waals surface area contributed by atoms with Crippen molar-refractivity contribution in [1.82, 2.24) is 4.98 Å². The van der Waals surface area contributed by atoms with Crippen molar-refractivity contribution in [3.8, 4) is 0 Å². The Hall–Kier alpha value is -1.13. The lowest BCUT2D eigenvalue weighted by Crippen LogP contribution is -2.04. The zero-order chi connectivity index (χ0) is 9.14. The molecule has 2 N–H and O–H groups in total. The molecule has 0 amide bonds. The van der Waals surface area contributed by atoms with E-state index in [2.05, 4.69) is 4.98 Å². The van der Waals surface area contributed by atoms with Crippen molar-refractivity contribution in [2.75, 3.05) is 0 Å². The number of halogens is 1. The Morgan fingerprint density at radius 2 is 2.33 bits per heavy atom. The van der Waals surface area contributed by atoms with Crippen LogP contribution in [0.2, 0.25) is 5.15 Å². The molecule has 0 atom stereocenters. The molecule has 0 aliphatic rings. The van der Waals surface area contributed by atoms with Crippen LogP contribution in [0.1, 0.15) is 15.9 Å². The van der Waals surface area contributed by atoms with Crippen molar-refractivity contribution in [3.63, 3.8) is 0 Å². The van der Waals surface area contributed by atoms with Gasteiger partial charge in [0.05, 0.1) is 6.61 Å². The van der Waals surface area contributed by atoms with E-state index in [-0.39, 0.29) is 22.9 Å². The Kier molecular flexibility index (Phi) is 2.62. The summed E-state index contributed by atoms with van der Waals surface area (Å²) in [6.45, 7) is -0.357. The maximum atomic E-state index is 10.6.